The second-order valence-electron chi connectivity index (χ2n) is 5.99. The van der Waals surface area contributed by atoms with Crippen molar-refractivity contribution in [1.82, 2.24) is 5.32 Å². The van der Waals surface area contributed by atoms with Gasteiger partial charge in [-0.25, -0.2) is 0 Å². The SMILES string of the molecule is C#CCNC(=O)CCC1CC(OCc2cccc(C(F)(F)F)c2)C1. The van der Waals surface area contributed by atoms with Gasteiger partial charge in [-0.2, -0.15) is 13.2 Å². The number of hydrogen-bond donors (Lipinski definition) is 1. The van der Waals surface area contributed by atoms with E-state index in [0.29, 0.717) is 17.9 Å². The molecule has 1 aromatic carbocycles. The lowest BCUT2D eigenvalue weighted by molar-refractivity contribution is -0.137. The Hall–Kier alpha value is -2.00. The first-order chi connectivity index (χ1) is 11.4. The largest absolute Gasteiger partial charge is 0.416 e. The predicted octanol–water partition coefficient (Wildman–Crippen LogP) is 3.53. The number of rotatable bonds is 7. The zero-order valence-electron chi connectivity index (χ0n) is 13.2. The zero-order valence-corrected chi connectivity index (χ0v) is 13.2. The number of alkyl halides is 3. The molecule has 130 valence electrons. The van der Waals surface area contributed by atoms with Crippen LogP contribution in [0.2, 0.25) is 0 Å². The molecular weight excluding hydrogens is 319 g/mol. The first kappa shape index (κ1) is 18.3. The highest BCUT2D eigenvalue weighted by Gasteiger charge is 2.31. The van der Waals surface area contributed by atoms with Gasteiger partial charge in [0.15, 0.2) is 0 Å². The Kier molecular flexibility index (Phi) is 6.27. The van der Waals surface area contributed by atoms with Crippen LogP contribution in [0.5, 0.6) is 0 Å². The monoisotopic (exact) mass is 339 g/mol. The molecule has 0 radical (unpaired) electrons. The summed E-state index contributed by atoms with van der Waals surface area (Å²) in [5.74, 6) is 2.71. The third-order valence-electron chi connectivity index (χ3n) is 4.10. The van der Waals surface area contributed by atoms with E-state index >= 15 is 0 Å². The van der Waals surface area contributed by atoms with E-state index in [4.69, 9.17) is 11.2 Å². The standard InChI is InChI=1S/C18H20F3NO2/c1-2-8-22-17(23)7-6-13-10-16(11-13)24-12-14-4-3-5-15(9-14)18(19,20)21/h1,3-5,9,13,16H,6-8,10-12H2,(H,22,23). The number of amides is 1. The number of nitrogens with one attached hydrogen (secondary N) is 1. The number of benzene rings is 1. The number of carbonyl (C=O) groups excluding carboxylic acids is 1. The lowest BCUT2D eigenvalue weighted by atomic mass is 9.79. The average Bonchev–Trinajstić information content (AvgIpc) is 2.50. The maximum Gasteiger partial charge on any atom is 0.416 e. The number of halogens is 3. The molecule has 1 N–H and O–H groups in total. The molecule has 1 aromatic rings. The molecule has 3 nitrogen and oxygen atoms in total. The minimum Gasteiger partial charge on any atom is -0.374 e. The molecule has 0 unspecified atom stereocenters. The summed E-state index contributed by atoms with van der Waals surface area (Å²) in [5, 5.41) is 2.61. The Morgan fingerprint density at radius 3 is 2.79 bits per heavy atom. The van der Waals surface area contributed by atoms with Gasteiger partial charge in [-0.1, -0.05) is 18.1 Å². The van der Waals surface area contributed by atoms with E-state index in [1.807, 2.05) is 0 Å². The van der Waals surface area contributed by atoms with E-state index in [1.54, 1.807) is 6.07 Å². The van der Waals surface area contributed by atoms with E-state index in [0.717, 1.165) is 31.4 Å². The van der Waals surface area contributed by atoms with Crippen molar-refractivity contribution in [2.24, 2.45) is 5.92 Å². The van der Waals surface area contributed by atoms with Gasteiger partial charge in [0.25, 0.3) is 0 Å². The molecule has 0 bridgehead atoms. The lowest BCUT2D eigenvalue weighted by Gasteiger charge is -2.35. The third-order valence-corrected chi connectivity index (χ3v) is 4.10. The molecule has 0 heterocycles. The smallest absolute Gasteiger partial charge is 0.374 e. The Balaban J connectivity index is 1.66. The second kappa shape index (κ2) is 8.20. The fourth-order valence-electron chi connectivity index (χ4n) is 2.67. The molecule has 1 amide bonds. The van der Waals surface area contributed by atoms with Gasteiger partial charge in [-0.15, -0.1) is 6.42 Å². The summed E-state index contributed by atoms with van der Waals surface area (Å²) in [6, 6.07) is 5.18. The third kappa shape index (κ3) is 5.57. The Labute approximate surface area is 139 Å². The molecule has 2 rings (SSSR count). The lowest BCUT2D eigenvalue weighted by Crippen LogP contribution is -2.32. The highest BCUT2D eigenvalue weighted by Crippen LogP contribution is 2.34. The van der Waals surface area contributed by atoms with Crippen LogP contribution in [0, 0.1) is 18.3 Å². The minimum atomic E-state index is -4.34. The number of terminal acetylenes is 1. The summed E-state index contributed by atoms with van der Waals surface area (Å²) < 4.78 is 43.6. The Morgan fingerprint density at radius 2 is 2.12 bits per heavy atom. The quantitative estimate of drug-likeness (QED) is 0.772. The van der Waals surface area contributed by atoms with Crippen molar-refractivity contribution < 1.29 is 22.7 Å². The van der Waals surface area contributed by atoms with E-state index in [-0.39, 0.29) is 25.2 Å². The first-order valence-electron chi connectivity index (χ1n) is 7.86. The van der Waals surface area contributed by atoms with E-state index in [2.05, 4.69) is 11.2 Å². The fraction of sp³-hybridized carbons (Fsp3) is 0.500. The second-order valence-corrected chi connectivity index (χ2v) is 5.99. The van der Waals surface area contributed by atoms with Crippen LogP contribution in [0.15, 0.2) is 24.3 Å². The molecular formula is C18H20F3NO2. The van der Waals surface area contributed by atoms with Crippen LogP contribution in [-0.4, -0.2) is 18.6 Å². The molecule has 6 heteroatoms. The van der Waals surface area contributed by atoms with Crippen molar-refractivity contribution in [3.8, 4) is 12.3 Å². The molecule has 0 atom stereocenters. The molecule has 1 aliphatic rings. The van der Waals surface area contributed by atoms with Gasteiger partial charge >= 0.3 is 6.18 Å². The van der Waals surface area contributed by atoms with Gasteiger partial charge in [0, 0.05) is 6.42 Å². The average molecular weight is 339 g/mol. The van der Waals surface area contributed by atoms with Gasteiger partial charge in [-0.3, -0.25) is 4.79 Å². The molecule has 0 aromatic heterocycles. The van der Waals surface area contributed by atoms with Crippen LogP contribution in [0.4, 0.5) is 13.2 Å². The van der Waals surface area contributed by atoms with Crippen molar-refractivity contribution in [3.63, 3.8) is 0 Å². The predicted molar refractivity (Wildman–Crippen MR) is 83.8 cm³/mol. The van der Waals surface area contributed by atoms with Gasteiger partial charge in [-0.05, 0) is 42.9 Å². The molecule has 0 saturated heterocycles. The molecule has 1 fully saturated rings. The van der Waals surface area contributed by atoms with Crippen LogP contribution in [0.3, 0.4) is 0 Å². The van der Waals surface area contributed by atoms with Crippen LogP contribution in [0.1, 0.15) is 36.8 Å². The summed E-state index contributed by atoms with van der Waals surface area (Å²) >= 11 is 0. The maximum atomic E-state index is 12.6. The topological polar surface area (TPSA) is 38.3 Å². The van der Waals surface area contributed by atoms with Crippen molar-refractivity contribution in [1.29, 1.82) is 0 Å². The van der Waals surface area contributed by atoms with Gasteiger partial charge < -0.3 is 10.1 Å². The van der Waals surface area contributed by atoms with E-state index in [9.17, 15) is 18.0 Å². The van der Waals surface area contributed by atoms with E-state index < -0.39 is 11.7 Å². The fourth-order valence-corrected chi connectivity index (χ4v) is 2.67. The summed E-state index contributed by atoms with van der Waals surface area (Å²) in [5.41, 5.74) is -0.144. The molecule has 24 heavy (non-hydrogen) atoms. The number of ether oxygens (including phenoxy) is 1. The zero-order chi connectivity index (χ0) is 17.6. The highest BCUT2D eigenvalue weighted by atomic mass is 19.4. The molecule has 1 saturated carbocycles. The van der Waals surface area contributed by atoms with Crippen LogP contribution in [-0.2, 0) is 22.3 Å². The summed E-state index contributed by atoms with van der Waals surface area (Å²) in [7, 11) is 0. The molecule has 1 aliphatic carbocycles. The van der Waals surface area contributed by atoms with Crippen molar-refractivity contribution >= 4 is 5.91 Å². The van der Waals surface area contributed by atoms with Gasteiger partial charge in [0.1, 0.15) is 0 Å². The molecule has 0 spiro atoms. The first-order valence-corrected chi connectivity index (χ1v) is 7.86. The van der Waals surface area contributed by atoms with Crippen LogP contribution >= 0.6 is 0 Å². The summed E-state index contributed by atoms with van der Waals surface area (Å²) in [6.07, 6.45) is 3.66. The van der Waals surface area contributed by atoms with Crippen LogP contribution in [0.25, 0.3) is 0 Å². The Bertz CT molecular complexity index is 601. The van der Waals surface area contributed by atoms with Gasteiger partial charge in [0.2, 0.25) is 5.91 Å². The van der Waals surface area contributed by atoms with Crippen molar-refractivity contribution in [2.75, 3.05) is 6.54 Å². The van der Waals surface area contributed by atoms with E-state index in [1.165, 1.54) is 6.07 Å². The molecule has 0 aliphatic heterocycles. The highest BCUT2D eigenvalue weighted by molar-refractivity contribution is 5.76. The van der Waals surface area contributed by atoms with Gasteiger partial charge in [0.05, 0.1) is 24.8 Å². The summed E-state index contributed by atoms with van der Waals surface area (Å²) in [4.78, 5) is 11.4. The van der Waals surface area contributed by atoms with Crippen molar-refractivity contribution in [3.05, 3.63) is 35.4 Å². The van der Waals surface area contributed by atoms with Crippen LogP contribution < -0.4 is 5.32 Å². The summed E-state index contributed by atoms with van der Waals surface area (Å²) in [6.45, 7) is 0.413. The normalized spacial score (nSPS) is 20.1. The van der Waals surface area contributed by atoms with Crippen molar-refractivity contribution in [2.45, 2.75) is 44.6 Å². The number of carbonyl (C=O) groups is 1. The Morgan fingerprint density at radius 1 is 1.38 bits per heavy atom. The number of hydrogen-bond acceptors (Lipinski definition) is 2. The maximum absolute atomic E-state index is 12.6. The minimum absolute atomic E-state index is 0.0540.